The quantitative estimate of drug-likeness (QED) is 0.578. The van der Waals surface area contributed by atoms with Crippen LogP contribution in [0.3, 0.4) is 0 Å². The fraction of sp³-hybridized carbons (Fsp3) is 0.280. The van der Waals surface area contributed by atoms with Crippen LogP contribution in [0.25, 0.3) is 17.3 Å². The molecule has 3 aromatic rings. The van der Waals surface area contributed by atoms with Gasteiger partial charge in [0.2, 0.25) is 0 Å². The summed E-state index contributed by atoms with van der Waals surface area (Å²) in [4.78, 5) is 28.0. The van der Waals surface area contributed by atoms with Gasteiger partial charge in [-0.1, -0.05) is 12.1 Å². The lowest BCUT2D eigenvalue weighted by Gasteiger charge is -2.26. The number of methoxy groups -OCH3 is 1. The molecule has 0 spiro atoms. The van der Waals surface area contributed by atoms with E-state index in [0.29, 0.717) is 22.6 Å². The van der Waals surface area contributed by atoms with Gasteiger partial charge >= 0.3 is 6.01 Å². The average Bonchev–Trinajstić information content (AvgIpc) is 2.89. The van der Waals surface area contributed by atoms with Gasteiger partial charge in [-0.2, -0.15) is 0 Å². The highest BCUT2D eigenvalue weighted by atomic mass is 16.5. The Morgan fingerprint density at radius 3 is 2.62 bits per heavy atom. The van der Waals surface area contributed by atoms with Crippen LogP contribution in [0.4, 0.5) is 11.5 Å². The molecule has 173 valence electrons. The van der Waals surface area contributed by atoms with Crippen LogP contribution < -0.4 is 15.4 Å². The molecule has 34 heavy (non-hydrogen) atoms. The highest BCUT2D eigenvalue weighted by Crippen LogP contribution is 2.30. The molecule has 0 unspecified atom stereocenters. The minimum absolute atomic E-state index is 0.280. The SMILES string of the molecule is COc1ncc(-c2cc3c(c(Nc4ccc(CCN5CCOCC5)cc4)n2)C(=O)[N]C=C3)cn1. The zero-order valence-corrected chi connectivity index (χ0v) is 18.9. The summed E-state index contributed by atoms with van der Waals surface area (Å²) >= 11 is 0. The number of nitrogens with zero attached hydrogens (tertiary/aromatic N) is 5. The number of aromatic nitrogens is 3. The van der Waals surface area contributed by atoms with E-state index in [1.165, 1.54) is 18.9 Å². The molecule has 2 aliphatic rings. The fourth-order valence-corrected chi connectivity index (χ4v) is 3.97. The van der Waals surface area contributed by atoms with Crippen molar-refractivity contribution in [1.82, 2.24) is 25.2 Å². The van der Waals surface area contributed by atoms with Crippen molar-refractivity contribution in [3.63, 3.8) is 0 Å². The number of nitrogens with one attached hydrogen (secondary N) is 1. The third-order valence-electron chi connectivity index (χ3n) is 5.85. The first kappa shape index (κ1) is 22.0. The highest BCUT2D eigenvalue weighted by molar-refractivity contribution is 6.05. The van der Waals surface area contributed by atoms with Crippen molar-refractivity contribution in [3.8, 4) is 17.3 Å². The Hall–Kier alpha value is -3.82. The van der Waals surface area contributed by atoms with Gasteiger partial charge in [-0.25, -0.2) is 20.3 Å². The number of amides is 1. The van der Waals surface area contributed by atoms with Crippen LogP contribution >= 0.6 is 0 Å². The largest absolute Gasteiger partial charge is 0.467 e. The number of morpholine rings is 1. The van der Waals surface area contributed by atoms with Crippen molar-refractivity contribution in [2.45, 2.75) is 6.42 Å². The number of ether oxygens (including phenoxy) is 2. The molecule has 9 heteroatoms. The zero-order chi connectivity index (χ0) is 23.3. The van der Waals surface area contributed by atoms with Crippen LogP contribution in [-0.4, -0.2) is 65.7 Å². The summed E-state index contributed by atoms with van der Waals surface area (Å²) in [6.07, 6.45) is 7.57. The van der Waals surface area contributed by atoms with Crippen LogP contribution in [0.2, 0.25) is 0 Å². The van der Waals surface area contributed by atoms with Crippen molar-refractivity contribution in [1.29, 1.82) is 0 Å². The number of carbonyl (C=O) groups excluding carboxylic acids is 1. The maximum Gasteiger partial charge on any atom is 0.316 e. The summed E-state index contributed by atoms with van der Waals surface area (Å²) in [6, 6.07) is 10.3. The Morgan fingerprint density at radius 1 is 1.12 bits per heavy atom. The van der Waals surface area contributed by atoms with E-state index in [9.17, 15) is 4.79 Å². The average molecular weight is 458 g/mol. The summed E-state index contributed by atoms with van der Waals surface area (Å²) < 4.78 is 10.5. The second kappa shape index (κ2) is 9.98. The second-order valence-corrected chi connectivity index (χ2v) is 8.05. The Kier molecular flexibility index (Phi) is 6.46. The van der Waals surface area contributed by atoms with Crippen LogP contribution in [0.1, 0.15) is 21.5 Å². The summed E-state index contributed by atoms with van der Waals surface area (Å²) in [5, 5.41) is 7.24. The Labute approximate surface area is 197 Å². The Morgan fingerprint density at radius 2 is 1.88 bits per heavy atom. The fourth-order valence-electron chi connectivity index (χ4n) is 3.97. The number of pyridine rings is 1. The lowest BCUT2D eigenvalue weighted by atomic mass is 10.0. The van der Waals surface area contributed by atoms with Gasteiger partial charge in [0.1, 0.15) is 5.82 Å². The van der Waals surface area contributed by atoms with E-state index in [1.54, 1.807) is 18.5 Å². The molecule has 1 fully saturated rings. The molecular weight excluding hydrogens is 432 g/mol. The molecule has 2 aliphatic heterocycles. The van der Waals surface area contributed by atoms with E-state index >= 15 is 0 Å². The number of anilines is 2. The van der Waals surface area contributed by atoms with Crippen LogP contribution in [-0.2, 0) is 11.2 Å². The molecule has 9 nitrogen and oxygen atoms in total. The number of fused-ring (bicyclic) bond motifs is 1. The summed E-state index contributed by atoms with van der Waals surface area (Å²) in [7, 11) is 1.52. The topological polar surface area (TPSA) is 104 Å². The molecule has 0 saturated carbocycles. The van der Waals surface area contributed by atoms with Gasteiger partial charge in [0, 0.05) is 49.5 Å². The maximum absolute atomic E-state index is 12.6. The number of hydrogen-bond acceptors (Lipinski definition) is 8. The van der Waals surface area contributed by atoms with Crippen molar-refractivity contribution in [2.75, 3.05) is 45.3 Å². The van der Waals surface area contributed by atoms with E-state index in [-0.39, 0.29) is 11.9 Å². The van der Waals surface area contributed by atoms with Crippen LogP contribution in [0, 0.1) is 0 Å². The molecule has 0 atom stereocenters. The van der Waals surface area contributed by atoms with Gasteiger partial charge in [-0.05, 0) is 41.8 Å². The molecule has 1 saturated heterocycles. The molecule has 1 amide bonds. The van der Waals surface area contributed by atoms with Gasteiger partial charge < -0.3 is 14.8 Å². The van der Waals surface area contributed by atoms with Crippen molar-refractivity contribution in [3.05, 3.63) is 65.6 Å². The predicted molar refractivity (Wildman–Crippen MR) is 128 cm³/mol. The van der Waals surface area contributed by atoms with Gasteiger partial charge in [-0.15, -0.1) is 0 Å². The molecular formula is C25H25N6O3. The van der Waals surface area contributed by atoms with Crippen molar-refractivity contribution < 1.29 is 14.3 Å². The first-order chi connectivity index (χ1) is 16.7. The monoisotopic (exact) mass is 457 g/mol. The highest BCUT2D eigenvalue weighted by Gasteiger charge is 2.22. The normalized spacial score (nSPS) is 15.5. The number of hydrogen-bond donors (Lipinski definition) is 1. The third kappa shape index (κ3) is 4.90. The third-order valence-corrected chi connectivity index (χ3v) is 5.85. The summed E-state index contributed by atoms with van der Waals surface area (Å²) in [5.41, 5.74) is 4.64. The minimum atomic E-state index is -0.327. The molecule has 0 aliphatic carbocycles. The minimum Gasteiger partial charge on any atom is -0.467 e. The predicted octanol–water partition coefficient (Wildman–Crippen LogP) is 2.89. The lowest BCUT2D eigenvalue weighted by Crippen LogP contribution is -2.37. The first-order valence-electron chi connectivity index (χ1n) is 11.2. The van der Waals surface area contributed by atoms with Gasteiger partial charge in [0.25, 0.3) is 5.91 Å². The van der Waals surface area contributed by atoms with Crippen LogP contribution in [0.5, 0.6) is 6.01 Å². The van der Waals surface area contributed by atoms with Crippen molar-refractivity contribution in [2.24, 2.45) is 0 Å². The van der Waals surface area contributed by atoms with E-state index in [4.69, 9.17) is 14.5 Å². The molecule has 4 heterocycles. The standard InChI is InChI=1S/C25H25N6O3/c1-33-25-27-15-19(16-28-25)21-14-18-6-8-26-24(32)22(18)23(30-21)29-20-4-2-17(3-5-20)7-9-31-10-12-34-13-11-31/h2-6,8,14-16H,7,9-13H2,1H3,(H,29,30). The Bertz CT molecular complexity index is 1190. The summed E-state index contributed by atoms with van der Waals surface area (Å²) in [6.45, 7) is 4.60. The molecule has 1 N–H and O–H groups in total. The van der Waals surface area contributed by atoms with E-state index in [1.807, 2.05) is 18.2 Å². The molecule has 1 radical (unpaired) electrons. The van der Waals surface area contributed by atoms with Gasteiger partial charge in [0.15, 0.2) is 0 Å². The smallest absolute Gasteiger partial charge is 0.316 e. The van der Waals surface area contributed by atoms with Gasteiger partial charge in [-0.3, -0.25) is 9.69 Å². The van der Waals surface area contributed by atoms with Gasteiger partial charge in [0.05, 0.1) is 31.6 Å². The van der Waals surface area contributed by atoms with E-state index in [2.05, 4.69) is 37.6 Å². The number of rotatable bonds is 7. The first-order valence-corrected chi connectivity index (χ1v) is 11.2. The van der Waals surface area contributed by atoms with E-state index in [0.717, 1.165) is 50.5 Å². The van der Waals surface area contributed by atoms with Crippen molar-refractivity contribution >= 4 is 23.5 Å². The zero-order valence-electron chi connectivity index (χ0n) is 18.9. The number of carbonyl (C=O) groups is 1. The molecule has 2 aromatic heterocycles. The maximum atomic E-state index is 12.6. The van der Waals surface area contributed by atoms with E-state index < -0.39 is 0 Å². The number of benzene rings is 1. The van der Waals surface area contributed by atoms with Crippen LogP contribution in [0.15, 0.2) is 48.9 Å². The summed E-state index contributed by atoms with van der Waals surface area (Å²) in [5.74, 6) is 0.120. The molecule has 5 rings (SSSR count). The molecule has 1 aromatic carbocycles. The molecule has 0 bridgehead atoms. The lowest BCUT2D eigenvalue weighted by molar-refractivity contribution is 0.0384. The second-order valence-electron chi connectivity index (χ2n) is 8.05. The Balaban J connectivity index is 1.37.